The summed E-state index contributed by atoms with van der Waals surface area (Å²) < 4.78 is 0. The normalized spacial score (nSPS) is 26.9. The summed E-state index contributed by atoms with van der Waals surface area (Å²) in [6.45, 7) is 0. The number of nitrogens with two attached hydrogens (primary N) is 1. The minimum Gasteiger partial charge on any atom is -0.399 e. The second-order valence-electron chi connectivity index (χ2n) is 3.61. The fraction of sp³-hybridized carbons (Fsp3) is 0.333. The lowest BCUT2D eigenvalue weighted by atomic mass is 9.87. The van der Waals surface area contributed by atoms with Crippen molar-refractivity contribution < 1.29 is 0 Å². The molecule has 0 radical (unpaired) electrons. The molecule has 0 aliphatic heterocycles. The molecule has 1 unspecified atom stereocenters. The molecule has 0 saturated heterocycles. The Balaban J connectivity index is 2.07. The van der Waals surface area contributed by atoms with Crippen LogP contribution in [0.15, 0.2) is 47.7 Å². The van der Waals surface area contributed by atoms with E-state index in [9.17, 15) is 0 Å². The maximum absolute atomic E-state index is 5.67. The van der Waals surface area contributed by atoms with Gasteiger partial charge in [-0.15, -0.1) is 0 Å². The first-order chi connectivity index (χ1) is 6.36. The maximum atomic E-state index is 5.67. The molecular formula is C12H15N. The third-order valence-electron chi connectivity index (χ3n) is 2.65. The van der Waals surface area contributed by atoms with E-state index in [0.717, 1.165) is 12.1 Å². The van der Waals surface area contributed by atoms with Crippen LogP contribution in [-0.2, 0) is 0 Å². The van der Waals surface area contributed by atoms with Crippen molar-refractivity contribution in [2.45, 2.75) is 19.3 Å². The summed E-state index contributed by atoms with van der Waals surface area (Å²) in [7, 11) is 0. The molecule has 2 N–H and O–H groups in total. The number of allylic oxidation sites excluding steroid dienone is 7. The number of rotatable bonds is 1. The molecule has 2 aliphatic rings. The molecule has 0 amide bonds. The van der Waals surface area contributed by atoms with E-state index in [4.69, 9.17) is 5.73 Å². The molecule has 0 spiro atoms. The summed E-state index contributed by atoms with van der Waals surface area (Å²) in [5, 5.41) is 0. The Kier molecular flexibility index (Phi) is 2.35. The van der Waals surface area contributed by atoms with Crippen LogP contribution >= 0.6 is 0 Å². The Bertz CT molecular complexity index is 305. The molecule has 1 heteroatoms. The minimum absolute atomic E-state index is 0.595. The second kappa shape index (κ2) is 3.65. The van der Waals surface area contributed by atoms with E-state index in [1.807, 2.05) is 6.08 Å². The van der Waals surface area contributed by atoms with Crippen molar-refractivity contribution in [1.29, 1.82) is 0 Å². The third-order valence-corrected chi connectivity index (χ3v) is 2.65. The Morgan fingerprint density at radius 3 is 2.92 bits per heavy atom. The van der Waals surface area contributed by atoms with E-state index in [2.05, 4.69) is 30.4 Å². The fourth-order valence-corrected chi connectivity index (χ4v) is 1.84. The quantitative estimate of drug-likeness (QED) is 0.648. The standard InChI is InChI=1S/C12H15N/c13-12-8-6-11(7-9-12)10-4-2-1-3-5-10/h1-2,4,6,8-9,11H,3,5,7,13H2. The lowest BCUT2D eigenvalue weighted by Crippen LogP contribution is -2.07. The molecule has 0 bridgehead atoms. The van der Waals surface area contributed by atoms with Crippen molar-refractivity contribution in [2.75, 3.05) is 0 Å². The molecular weight excluding hydrogens is 158 g/mol. The van der Waals surface area contributed by atoms with Crippen LogP contribution in [0.2, 0.25) is 0 Å². The highest BCUT2D eigenvalue weighted by Gasteiger charge is 2.12. The van der Waals surface area contributed by atoms with Gasteiger partial charge in [0.2, 0.25) is 0 Å². The van der Waals surface area contributed by atoms with Crippen LogP contribution in [0, 0.1) is 5.92 Å². The zero-order valence-electron chi connectivity index (χ0n) is 7.74. The monoisotopic (exact) mass is 173 g/mol. The first kappa shape index (κ1) is 8.36. The van der Waals surface area contributed by atoms with Crippen molar-refractivity contribution in [3.8, 4) is 0 Å². The highest BCUT2D eigenvalue weighted by atomic mass is 14.6. The fourth-order valence-electron chi connectivity index (χ4n) is 1.84. The van der Waals surface area contributed by atoms with Crippen LogP contribution in [0.3, 0.4) is 0 Å². The van der Waals surface area contributed by atoms with Crippen molar-refractivity contribution in [3.63, 3.8) is 0 Å². The van der Waals surface area contributed by atoms with Crippen LogP contribution in [0.5, 0.6) is 0 Å². The van der Waals surface area contributed by atoms with Gasteiger partial charge in [-0.3, -0.25) is 0 Å². The molecule has 1 atom stereocenters. The Morgan fingerprint density at radius 1 is 1.38 bits per heavy atom. The third kappa shape index (κ3) is 1.92. The number of hydrogen-bond acceptors (Lipinski definition) is 1. The van der Waals surface area contributed by atoms with E-state index < -0.39 is 0 Å². The van der Waals surface area contributed by atoms with Crippen LogP contribution in [0.4, 0.5) is 0 Å². The first-order valence-corrected chi connectivity index (χ1v) is 4.86. The molecule has 0 heterocycles. The maximum Gasteiger partial charge on any atom is 0.0270 e. The Morgan fingerprint density at radius 2 is 2.31 bits per heavy atom. The number of hydrogen-bond donors (Lipinski definition) is 1. The van der Waals surface area contributed by atoms with Gasteiger partial charge in [0, 0.05) is 11.6 Å². The Labute approximate surface area is 79.3 Å². The highest BCUT2D eigenvalue weighted by Crippen LogP contribution is 2.27. The summed E-state index contributed by atoms with van der Waals surface area (Å²) in [4.78, 5) is 0. The largest absolute Gasteiger partial charge is 0.399 e. The summed E-state index contributed by atoms with van der Waals surface area (Å²) in [5.41, 5.74) is 8.12. The van der Waals surface area contributed by atoms with Crippen LogP contribution in [0.25, 0.3) is 0 Å². The van der Waals surface area contributed by atoms with Crippen molar-refractivity contribution in [1.82, 2.24) is 0 Å². The van der Waals surface area contributed by atoms with E-state index in [-0.39, 0.29) is 0 Å². The first-order valence-electron chi connectivity index (χ1n) is 4.86. The van der Waals surface area contributed by atoms with Gasteiger partial charge >= 0.3 is 0 Å². The summed E-state index contributed by atoms with van der Waals surface area (Å²) in [6, 6.07) is 0. The van der Waals surface area contributed by atoms with E-state index in [0.29, 0.717) is 5.92 Å². The zero-order chi connectivity index (χ0) is 9.10. The molecule has 0 aromatic rings. The molecule has 68 valence electrons. The topological polar surface area (TPSA) is 26.0 Å². The van der Waals surface area contributed by atoms with E-state index in [1.54, 1.807) is 5.57 Å². The minimum atomic E-state index is 0.595. The van der Waals surface area contributed by atoms with Gasteiger partial charge in [-0.25, -0.2) is 0 Å². The SMILES string of the molecule is NC1=CCC(C2=CC=CCC2)C=C1. The lowest BCUT2D eigenvalue weighted by Gasteiger charge is -2.19. The van der Waals surface area contributed by atoms with Gasteiger partial charge in [0.15, 0.2) is 0 Å². The van der Waals surface area contributed by atoms with Gasteiger partial charge < -0.3 is 5.73 Å². The average Bonchev–Trinajstić information content (AvgIpc) is 2.20. The second-order valence-corrected chi connectivity index (χ2v) is 3.61. The average molecular weight is 173 g/mol. The molecule has 2 rings (SSSR count). The summed E-state index contributed by atoms with van der Waals surface area (Å²) >= 11 is 0. The van der Waals surface area contributed by atoms with E-state index >= 15 is 0 Å². The molecule has 0 saturated carbocycles. The molecule has 2 aliphatic carbocycles. The lowest BCUT2D eigenvalue weighted by molar-refractivity contribution is 0.706. The predicted molar refractivity (Wildman–Crippen MR) is 56.0 cm³/mol. The molecule has 13 heavy (non-hydrogen) atoms. The predicted octanol–water partition coefficient (Wildman–Crippen LogP) is 2.68. The van der Waals surface area contributed by atoms with Gasteiger partial charge in [0.25, 0.3) is 0 Å². The van der Waals surface area contributed by atoms with Gasteiger partial charge in [0.1, 0.15) is 0 Å². The van der Waals surface area contributed by atoms with E-state index in [1.165, 1.54) is 12.8 Å². The zero-order valence-corrected chi connectivity index (χ0v) is 7.74. The Hall–Kier alpha value is -1.24. The van der Waals surface area contributed by atoms with Gasteiger partial charge in [-0.2, -0.15) is 0 Å². The summed E-state index contributed by atoms with van der Waals surface area (Å²) in [6.07, 6.45) is 16.5. The smallest absolute Gasteiger partial charge is 0.0270 e. The van der Waals surface area contributed by atoms with Crippen LogP contribution < -0.4 is 5.73 Å². The van der Waals surface area contributed by atoms with Crippen LogP contribution in [0.1, 0.15) is 19.3 Å². The van der Waals surface area contributed by atoms with Gasteiger partial charge in [-0.05, 0) is 25.3 Å². The van der Waals surface area contributed by atoms with Crippen molar-refractivity contribution in [2.24, 2.45) is 11.7 Å². The molecule has 1 nitrogen and oxygen atoms in total. The van der Waals surface area contributed by atoms with Gasteiger partial charge in [0.05, 0.1) is 0 Å². The molecule has 0 aromatic heterocycles. The highest BCUT2D eigenvalue weighted by molar-refractivity contribution is 5.30. The van der Waals surface area contributed by atoms with Crippen LogP contribution in [-0.4, -0.2) is 0 Å². The molecule has 0 aromatic carbocycles. The molecule has 0 fully saturated rings. The van der Waals surface area contributed by atoms with Crippen molar-refractivity contribution >= 4 is 0 Å². The van der Waals surface area contributed by atoms with Crippen molar-refractivity contribution in [3.05, 3.63) is 47.7 Å². The summed E-state index contributed by atoms with van der Waals surface area (Å²) in [5.74, 6) is 0.595. The van der Waals surface area contributed by atoms with Gasteiger partial charge in [-0.1, -0.05) is 36.0 Å².